The van der Waals surface area contributed by atoms with Gasteiger partial charge in [0.25, 0.3) is 0 Å². The summed E-state index contributed by atoms with van der Waals surface area (Å²) in [6.07, 6.45) is 1.34. The summed E-state index contributed by atoms with van der Waals surface area (Å²) >= 11 is 13.3. The van der Waals surface area contributed by atoms with Gasteiger partial charge in [-0.2, -0.15) is 0 Å². The summed E-state index contributed by atoms with van der Waals surface area (Å²) in [4.78, 5) is 13.3. The number of Topliss-reactive ketones (excluding diaryl/α,β-unsaturated/α-hetero) is 1. The summed E-state index contributed by atoms with van der Waals surface area (Å²) < 4.78 is 0. The molecule has 2 aliphatic rings. The lowest BCUT2D eigenvalue weighted by molar-refractivity contribution is -0.118. The molecule has 0 radical (unpaired) electrons. The quantitative estimate of drug-likeness (QED) is 0.444. The first-order valence-corrected chi connectivity index (χ1v) is 10.6. The maximum atomic E-state index is 13.3. The first-order valence-electron chi connectivity index (χ1n) is 9.84. The van der Waals surface area contributed by atoms with Gasteiger partial charge in [0.15, 0.2) is 5.78 Å². The van der Waals surface area contributed by atoms with Crippen molar-refractivity contribution in [3.63, 3.8) is 0 Å². The van der Waals surface area contributed by atoms with E-state index in [0.717, 1.165) is 45.3 Å². The highest BCUT2D eigenvalue weighted by Gasteiger charge is 2.42. The van der Waals surface area contributed by atoms with Gasteiger partial charge in [-0.3, -0.25) is 4.79 Å². The van der Waals surface area contributed by atoms with Gasteiger partial charge in [-0.25, -0.2) is 0 Å². The van der Waals surface area contributed by atoms with E-state index in [0.29, 0.717) is 16.5 Å². The molecule has 0 amide bonds. The smallest absolute Gasteiger partial charge is 0.162 e. The molecule has 0 saturated carbocycles. The fourth-order valence-corrected chi connectivity index (χ4v) is 5.46. The van der Waals surface area contributed by atoms with Crippen LogP contribution in [-0.2, 0) is 4.79 Å². The van der Waals surface area contributed by atoms with Gasteiger partial charge in [-0.05, 0) is 34.9 Å². The maximum Gasteiger partial charge on any atom is 0.162 e. The Morgan fingerprint density at radius 3 is 2.41 bits per heavy atom. The number of benzene rings is 3. The number of carbonyl (C=O) groups excluding carboxylic acids is 1. The molecule has 1 heterocycles. The number of rotatable bonds is 1. The topological polar surface area (TPSA) is 29.1 Å². The molecule has 5 rings (SSSR count). The van der Waals surface area contributed by atoms with Crippen molar-refractivity contribution in [1.82, 2.24) is 0 Å². The van der Waals surface area contributed by atoms with Gasteiger partial charge < -0.3 is 5.32 Å². The number of carbonyl (C=O) groups is 1. The Hall–Kier alpha value is -2.29. The predicted molar refractivity (Wildman–Crippen MR) is 121 cm³/mol. The van der Waals surface area contributed by atoms with Crippen LogP contribution in [0.2, 0.25) is 10.0 Å². The lowest BCUT2D eigenvalue weighted by Gasteiger charge is -2.40. The maximum absolute atomic E-state index is 13.3. The average Bonchev–Trinajstić information content (AvgIpc) is 2.66. The van der Waals surface area contributed by atoms with Crippen molar-refractivity contribution in [3.8, 4) is 0 Å². The average molecular weight is 422 g/mol. The summed E-state index contributed by atoms with van der Waals surface area (Å²) in [5.41, 5.74) is 4.63. The Kier molecular flexibility index (Phi) is 4.27. The molecule has 3 aromatic rings. The number of halogens is 2. The standard InChI is InChI=1S/C25H21Cl2NO/c1-25(2)12-19-23(20(29)13-25)21(22-17(26)8-5-9-18(22)27)16-11-10-14-6-3-4-7-15(14)24(16)28-19/h3-11,21,28H,12-13H2,1-2H3/t21-/m1/s1. The largest absolute Gasteiger partial charge is 0.358 e. The number of anilines is 1. The van der Waals surface area contributed by atoms with Gasteiger partial charge in [0.1, 0.15) is 0 Å². The van der Waals surface area contributed by atoms with Crippen molar-refractivity contribution >= 4 is 45.4 Å². The minimum Gasteiger partial charge on any atom is -0.358 e. The third kappa shape index (κ3) is 2.97. The van der Waals surface area contributed by atoms with E-state index >= 15 is 0 Å². The molecular formula is C25H21Cl2NO. The van der Waals surface area contributed by atoms with E-state index in [1.807, 2.05) is 30.3 Å². The van der Waals surface area contributed by atoms with E-state index in [4.69, 9.17) is 23.2 Å². The van der Waals surface area contributed by atoms with Crippen LogP contribution >= 0.6 is 23.2 Å². The van der Waals surface area contributed by atoms with Crippen molar-refractivity contribution in [2.75, 3.05) is 5.32 Å². The van der Waals surface area contributed by atoms with Gasteiger partial charge in [-0.1, -0.05) is 79.5 Å². The molecule has 1 N–H and O–H groups in total. The third-order valence-corrected chi connectivity index (χ3v) is 6.70. The molecule has 3 aromatic carbocycles. The van der Waals surface area contributed by atoms with Crippen LogP contribution in [0.3, 0.4) is 0 Å². The molecular weight excluding hydrogens is 401 g/mol. The van der Waals surface area contributed by atoms with Crippen molar-refractivity contribution in [2.45, 2.75) is 32.6 Å². The molecule has 0 bridgehead atoms. The Bertz CT molecular complexity index is 1190. The fourth-order valence-electron chi connectivity index (χ4n) is 4.84. The number of hydrogen-bond donors (Lipinski definition) is 1. The van der Waals surface area contributed by atoms with Crippen LogP contribution in [0.4, 0.5) is 5.69 Å². The van der Waals surface area contributed by atoms with E-state index in [9.17, 15) is 4.79 Å². The van der Waals surface area contributed by atoms with Crippen LogP contribution in [0.15, 0.2) is 65.9 Å². The second-order valence-corrected chi connectivity index (χ2v) is 9.59. The fraction of sp³-hybridized carbons (Fsp3) is 0.240. The van der Waals surface area contributed by atoms with Gasteiger partial charge >= 0.3 is 0 Å². The van der Waals surface area contributed by atoms with Crippen LogP contribution in [0.5, 0.6) is 0 Å². The molecule has 1 aliphatic carbocycles. The second kappa shape index (κ2) is 6.62. The SMILES string of the molecule is CC1(C)CC(=O)C2=C(C1)Nc1c(ccc3ccccc13)[C@@H]2c1c(Cl)cccc1Cl. The van der Waals surface area contributed by atoms with Gasteiger partial charge in [0, 0.05) is 44.6 Å². The molecule has 146 valence electrons. The first-order chi connectivity index (χ1) is 13.9. The molecule has 0 spiro atoms. The molecule has 1 aliphatic heterocycles. The number of allylic oxidation sites excluding steroid dienone is 2. The highest BCUT2D eigenvalue weighted by atomic mass is 35.5. The Morgan fingerprint density at radius 2 is 1.66 bits per heavy atom. The summed E-state index contributed by atoms with van der Waals surface area (Å²) in [5.74, 6) is -0.0980. The number of nitrogens with one attached hydrogen (secondary N) is 1. The van der Waals surface area contributed by atoms with Crippen LogP contribution in [0, 0.1) is 5.41 Å². The zero-order chi connectivity index (χ0) is 20.3. The summed E-state index contributed by atoms with van der Waals surface area (Å²) in [6, 6.07) is 18.1. The van der Waals surface area contributed by atoms with E-state index in [-0.39, 0.29) is 17.1 Å². The molecule has 2 nitrogen and oxygen atoms in total. The Labute approximate surface area is 180 Å². The Morgan fingerprint density at radius 1 is 0.931 bits per heavy atom. The highest BCUT2D eigenvalue weighted by Crippen LogP contribution is 2.52. The van der Waals surface area contributed by atoms with Crippen LogP contribution in [0.1, 0.15) is 43.7 Å². The van der Waals surface area contributed by atoms with E-state index in [1.165, 1.54) is 0 Å². The highest BCUT2D eigenvalue weighted by molar-refractivity contribution is 6.36. The third-order valence-electron chi connectivity index (χ3n) is 6.05. The zero-order valence-electron chi connectivity index (χ0n) is 16.4. The van der Waals surface area contributed by atoms with Gasteiger partial charge in [0.2, 0.25) is 0 Å². The normalized spacial score (nSPS) is 20.3. The summed E-state index contributed by atoms with van der Waals surface area (Å²) in [5, 5.41) is 7.12. The molecule has 4 heteroatoms. The molecule has 0 aromatic heterocycles. The number of ketones is 1. The van der Waals surface area contributed by atoms with Gasteiger partial charge in [-0.15, -0.1) is 0 Å². The monoisotopic (exact) mass is 421 g/mol. The number of fused-ring (bicyclic) bond motifs is 3. The molecule has 1 atom stereocenters. The van der Waals surface area contributed by atoms with Crippen LogP contribution in [-0.4, -0.2) is 5.78 Å². The lowest BCUT2D eigenvalue weighted by atomic mass is 9.68. The summed E-state index contributed by atoms with van der Waals surface area (Å²) in [6.45, 7) is 4.29. The van der Waals surface area contributed by atoms with Crippen LogP contribution in [0.25, 0.3) is 10.8 Å². The Balaban J connectivity index is 1.85. The minimum absolute atomic E-state index is 0.0835. The zero-order valence-corrected chi connectivity index (χ0v) is 17.9. The van der Waals surface area contributed by atoms with Crippen molar-refractivity contribution < 1.29 is 4.79 Å². The second-order valence-electron chi connectivity index (χ2n) is 8.78. The predicted octanol–water partition coefficient (Wildman–Crippen LogP) is 7.35. The van der Waals surface area contributed by atoms with Crippen molar-refractivity contribution in [1.29, 1.82) is 0 Å². The van der Waals surface area contributed by atoms with Gasteiger partial charge in [0.05, 0.1) is 5.69 Å². The number of hydrogen-bond acceptors (Lipinski definition) is 2. The lowest BCUT2D eigenvalue weighted by Crippen LogP contribution is -2.34. The van der Waals surface area contributed by atoms with E-state index in [2.05, 4.69) is 43.4 Å². The van der Waals surface area contributed by atoms with Crippen molar-refractivity contribution in [3.05, 3.63) is 87.0 Å². The minimum atomic E-state index is -0.268. The van der Waals surface area contributed by atoms with E-state index < -0.39 is 0 Å². The van der Waals surface area contributed by atoms with Crippen LogP contribution < -0.4 is 5.32 Å². The molecule has 0 fully saturated rings. The first kappa shape index (κ1) is 18.7. The molecule has 0 saturated heterocycles. The van der Waals surface area contributed by atoms with Crippen molar-refractivity contribution in [2.24, 2.45) is 5.41 Å². The molecule has 0 unspecified atom stereocenters. The summed E-state index contributed by atoms with van der Waals surface area (Å²) in [7, 11) is 0. The van der Waals surface area contributed by atoms with E-state index in [1.54, 1.807) is 0 Å². The molecule has 29 heavy (non-hydrogen) atoms.